The van der Waals surface area contributed by atoms with Crippen LogP contribution in [0.3, 0.4) is 0 Å². The van der Waals surface area contributed by atoms with Crippen LogP contribution in [0.25, 0.3) is 11.3 Å². The van der Waals surface area contributed by atoms with Crippen LogP contribution in [0.4, 0.5) is 19.0 Å². The molecule has 1 aromatic carbocycles. The molecule has 0 radical (unpaired) electrons. The summed E-state index contributed by atoms with van der Waals surface area (Å²) >= 11 is 0. The molecule has 8 heteroatoms. The Labute approximate surface area is 169 Å². The molecule has 0 unspecified atom stereocenters. The Hall–Kier alpha value is -2.51. The summed E-state index contributed by atoms with van der Waals surface area (Å²) in [7, 11) is 3.03. The number of nitrogens with one attached hydrogen (secondary N) is 1. The van der Waals surface area contributed by atoms with E-state index in [0.717, 1.165) is 37.8 Å². The number of anilines is 1. The van der Waals surface area contributed by atoms with Crippen molar-refractivity contribution < 1.29 is 22.6 Å². The third-order valence-electron chi connectivity index (χ3n) is 4.56. The first-order chi connectivity index (χ1) is 13.7. The summed E-state index contributed by atoms with van der Waals surface area (Å²) in [4.78, 5) is 9.12. The van der Waals surface area contributed by atoms with Crippen LogP contribution in [0.15, 0.2) is 18.2 Å². The minimum absolute atomic E-state index is 0.0391. The zero-order chi connectivity index (χ0) is 21.6. The van der Waals surface area contributed by atoms with Crippen molar-refractivity contribution in [2.45, 2.75) is 58.7 Å². The maximum absolute atomic E-state index is 13.0. The van der Waals surface area contributed by atoms with Gasteiger partial charge in [0.15, 0.2) is 5.82 Å². The Bertz CT molecular complexity index is 820. The van der Waals surface area contributed by atoms with Crippen molar-refractivity contribution in [3.05, 3.63) is 29.5 Å². The van der Waals surface area contributed by atoms with Crippen LogP contribution in [0.5, 0.6) is 11.6 Å². The molecule has 2 aromatic rings. The van der Waals surface area contributed by atoms with E-state index < -0.39 is 11.7 Å². The van der Waals surface area contributed by atoms with Crippen molar-refractivity contribution in [2.75, 3.05) is 19.5 Å². The number of aryl methyl sites for hydroxylation is 1. The predicted molar refractivity (Wildman–Crippen MR) is 108 cm³/mol. The second-order valence-corrected chi connectivity index (χ2v) is 6.79. The van der Waals surface area contributed by atoms with Gasteiger partial charge in [-0.2, -0.15) is 13.2 Å². The van der Waals surface area contributed by atoms with Crippen LogP contribution in [-0.4, -0.2) is 30.2 Å². The Balaban J connectivity index is 2.48. The molecule has 0 saturated carbocycles. The van der Waals surface area contributed by atoms with Gasteiger partial charge in [0, 0.05) is 12.6 Å². The van der Waals surface area contributed by atoms with Gasteiger partial charge >= 0.3 is 6.18 Å². The number of benzene rings is 1. The molecule has 5 nitrogen and oxygen atoms in total. The van der Waals surface area contributed by atoms with Crippen LogP contribution >= 0.6 is 0 Å². The molecule has 0 aliphatic heterocycles. The molecule has 0 fully saturated rings. The van der Waals surface area contributed by atoms with Crippen LogP contribution in [-0.2, 0) is 6.18 Å². The molecule has 1 heterocycles. The fourth-order valence-electron chi connectivity index (χ4n) is 3.13. The fourth-order valence-corrected chi connectivity index (χ4v) is 3.13. The molecule has 1 aromatic heterocycles. The van der Waals surface area contributed by atoms with Crippen molar-refractivity contribution in [1.82, 2.24) is 9.97 Å². The standard InChI is InChI=1S/C21H28F3N3O2/c1-6-8-15(9-7-2)29-20-19(25-4)27-18(13(3)26-20)16-11-10-14(21(22,23)24)12-17(16)28-5/h10-12,15H,6-9H2,1-5H3,(H,25,27). The topological polar surface area (TPSA) is 56.3 Å². The molecule has 0 aliphatic rings. The third-order valence-corrected chi connectivity index (χ3v) is 4.56. The van der Waals surface area contributed by atoms with Gasteiger partial charge in [0.1, 0.15) is 11.9 Å². The Morgan fingerprint density at radius 1 is 1.10 bits per heavy atom. The molecule has 0 spiro atoms. The lowest BCUT2D eigenvalue weighted by Gasteiger charge is -2.20. The van der Waals surface area contributed by atoms with E-state index in [4.69, 9.17) is 9.47 Å². The van der Waals surface area contributed by atoms with E-state index in [1.54, 1.807) is 14.0 Å². The van der Waals surface area contributed by atoms with E-state index in [1.165, 1.54) is 13.2 Å². The largest absolute Gasteiger partial charge is 0.496 e. The van der Waals surface area contributed by atoms with Crippen molar-refractivity contribution in [3.63, 3.8) is 0 Å². The summed E-state index contributed by atoms with van der Waals surface area (Å²) in [5.74, 6) is 0.916. The summed E-state index contributed by atoms with van der Waals surface area (Å²) in [6.45, 7) is 5.95. The average molecular weight is 411 g/mol. The van der Waals surface area contributed by atoms with Gasteiger partial charge in [-0.15, -0.1) is 0 Å². The number of nitrogens with zero attached hydrogens (tertiary/aromatic N) is 2. The van der Waals surface area contributed by atoms with Gasteiger partial charge < -0.3 is 14.8 Å². The number of aromatic nitrogens is 2. The fraction of sp³-hybridized carbons (Fsp3) is 0.524. The Morgan fingerprint density at radius 3 is 2.28 bits per heavy atom. The highest BCUT2D eigenvalue weighted by atomic mass is 19.4. The molecule has 0 saturated heterocycles. The lowest BCUT2D eigenvalue weighted by molar-refractivity contribution is -0.137. The molecular formula is C21H28F3N3O2. The van der Waals surface area contributed by atoms with Gasteiger partial charge in [-0.25, -0.2) is 9.97 Å². The summed E-state index contributed by atoms with van der Waals surface area (Å²) < 4.78 is 50.4. The minimum atomic E-state index is -4.45. The molecule has 0 aliphatic carbocycles. The van der Waals surface area contributed by atoms with E-state index in [2.05, 4.69) is 29.1 Å². The van der Waals surface area contributed by atoms with E-state index in [-0.39, 0.29) is 11.9 Å². The Morgan fingerprint density at radius 2 is 1.76 bits per heavy atom. The number of ether oxygens (including phenoxy) is 2. The third kappa shape index (κ3) is 5.52. The maximum atomic E-state index is 13.0. The number of rotatable bonds is 9. The molecule has 0 atom stereocenters. The second-order valence-electron chi connectivity index (χ2n) is 6.79. The minimum Gasteiger partial charge on any atom is -0.496 e. The number of methoxy groups -OCH3 is 1. The summed E-state index contributed by atoms with van der Waals surface area (Å²) in [5.41, 5.74) is 0.644. The highest BCUT2D eigenvalue weighted by Gasteiger charge is 2.31. The van der Waals surface area contributed by atoms with Gasteiger partial charge in [0.2, 0.25) is 0 Å². The zero-order valence-electron chi connectivity index (χ0n) is 17.5. The lowest BCUT2D eigenvalue weighted by atomic mass is 10.1. The molecule has 2 rings (SSSR count). The second kappa shape index (κ2) is 9.80. The SMILES string of the molecule is CCCC(CCC)Oc1nc(C)c(-c2ccc(C(F)(F)F)cc2OC)nc1NC. The van der Waals surface area contributed by atoms with E-state index in [1.807, 2.05) is 0 Å². The van der Waals surface area contributed by atoms with Crippen LogP contribution in [0, 0.1) is 6.92 Å². The summed E-state index contributed by atoms with van der Waals surface area (Å²) in [6.07, 6.45) is -0.608. The average Bonchev–Trinajstić information content (AvgIpc) is 2.67. The molecule has 160 valence electrons. The predicted octanol–water partition coefficient (Wildman–Crippen LogP) is 5.87. The van der Waals surface area contributed by atoms with Gasteiger partial charge in [0.05, 0.1) is 24.1 Å². The molecule has 0 amide bonds. The Kier molecular flexibility index (Phi) is 7.70. The molecule has 0 bridgehead atoms. The number of hydrogen-bond donors (Lipinski definition) is 1. The number of hydrogen-bond acceptors (Lipinski definition) is 5. The van der Waals surface area contributed by atoms with Crippen molar-refractivity contribution >= 4 is 5.82 Å². The summed E-state index contributed by atoms with van der Waals surface area (Å²) in [5, 5.41) is 2.98. The lowest BCUT2D eigenvalue weighted by Crippen LogP contribution is -2.18. The molecule has 1 N–H and O–H groups in total. The highest BCUT2D eigenvalue weighted by Crippen LogP contribution is 2.38. The van der Waals surface area contributed by atoms with Crippen LogP contribution in [0.2, 0.25) is 0 Å². The quantitative estimate of drug-likeness (QED) is 0.559. The number of halogens is 3. The molecular weight excluding hydrogens is 383 g/mol. The highest BCUT2D eigenvalue weighted by molar-refractivity contribution is 5.71. The first-order valence-corrected chi connectivity index (χ1v) is 9.73. The van der Waals surface area contributed by atoms with E-state index in [0.29, 0.717) is 28.6 Å². The normalized spacial score (nSPS) is 11.6. The van der Waals surface area contributed by atoms with Crippen molar-refractivity contribution in [3.8, 4) is 22.9 Å². The van der Waals surface area contributed by atoms with E-state index >= 15 is 0 Å². The smallest absolute Gasteiger partial charge is 0.416 e. The first-order valence-electron chi connectivity index (χ1n) is 9.73. The van der Waals surface area contributed by atoms with Gasteiger partial charge in [-0.05, 0) is 38.0 Å². The first kappa shape index (κ1) is 22.8. The number of alkyl halides is 3. The van der Waals surface area contributed by atoms with Crippen LogP contribution < -0.4 is 14.8 Å². The van der Waals surface area contributed by atoms with Gasteiger partial charge in [-0.3, -0.25) is 0 Å². The maximum Gasteiger partial charge on any atom is 0.416 e. The van der Waals surface area contributed by atoms with Crippen molar-refractivity contribution in [2.24, 2.45) is 0 Å². The monoisotopic (exact) mass is 411 g/mol. The van der Waals surface area contributed by atoms with Gasteiger partial charge in [-0.1, -0.05) is 26.7 Å². The van der Waals surface area contributed by atoms with Gasteiger partial charge in [0.25, 0.3) is 5.88 Å². The molecule has 29 heavy (non-hydrogen) atoms. The van der Waals surface area contributed by atoms with Crippen molar-refractivity contribution in [1.29, 1.82) is 0 Å². The zero-order valence-corrected chi connectivity index (χ0v) is 17.5. The van der Waals surface area contributed by atoms with E-state index in [9.17, 15) is 13.2 Å². The van der Waals surface area contributed by atoms with Crippen LogP contribution in [0.1, 0.15) is 50.8 Å². The summed E-state index contributed by atoms with van der Waals surface area (Å²) in [6, 6.07) is 3.34.